The Morgan fingerprint density at radius 1 is 1.11 bits per heavy atom. The van der Waals surface area contributed by atoms with E-state index in [2.05, 4.69) is 39.5 Å². The number of piperazine rings is 1. The van der Waals surface area contributed by atoms with Crippen LogP contribution in [0.25, 0.3) is 10.9 Å². The summed E-state index contributed by atoms with van der Waals surface area (Å²) in [6, 6.07) is 10.6. The summed E-state index contributed by atoms with van der Waals surface area (Å²) in [5, 5.41) is 4.62. The molecule has 96 valence electrons. The van der Waals surface area contributed by atoms with Gasteiger partial charge in [0.2, 0.25) is 0 Å². The van der Waals surface area contributed by atoms with Crippen molar-refractivity contribution < 1.29 is 0 Å². The summed E-state index contributed by atoms with van der Waals surface area (Å²) in [6.45, 7) is 5.46. The van der Waals surface area contributed by atoms with Gasteiger partial charge in [0, 0.05) is 44.3 Å². The minimum Gasteiger partial charge on any atom is -0.314 e. The number of halogens is 1. The number of benzene rings is 1. The number of fused-ring (bicyclic) bond motifs is 1. The zero-order chi connectivity index (χ0) is 11.5. The maximum absolute atomic E-state index is 4.50. The highest BCUT2D eigenvalue weighted by Crippen LogP contribution is 2.17. The van der Waals surface area contributed by atoms with E-state index >= 15 is 0 Å². The molecule has 1 aromatic heterocycles. The quantitative estimate of drug-likeness (QED) is 0.899. The van der Waals surface area contributed by atoms with Crippen LogP contribution in [0, 0.1) is 0 Å². The number of hydrogen-bond acceptors (Lipinski definition) is 3. The van der Waals surface area contributed by atoms with Gasteiger partial charge in [0.1, 0.15) is 0 Å². The van der Waals surface area contributed by atoms with Crippen LogP contribution in [-0.4, -0.2) is 36.1 Å². The van der Waals surface area contributed by atoms with Gasteiger partial charge in [0.15, 0.2) is 0 Å². The van der Waals surface area contributed by atoms with Crippen LogP contribution in [0.5, 0.6) is 0 Å². The highest BCUT2D eigenvalue weighted by atomic mass is 35.5. The van der Waals surface area contributed by atoms with Gasteiger partial charge in [-0.25, -0.2) is 0 Å². The van der Waals surface area contributed by atoms with E-state index in [0.717, 1.165) is 38.2 Å². The molecule has 0 saturated carbocycles. The fraction of sp³-hybridized carbons (Fsp3) is 0.357. The van der Waals surface area contributed by atoms with Crippen LogP contribution >= 0.6 is 12.4 Å². The van der Waals surface area contributed by atoms with Crippen LogP contribution in [0.15, 0.2) is 36.5 Å². The van der Waals surface area contributed by atoms with E-state index in [-0.39, 0.29) is 12.4 Å². The fourth-order valence-electron chi connectivity index (χ4n) is 2.41. The van der Waals surface area contributed by atoms with Crippen molar-refractivity contribution >= 4 is 23.3 Å². The molecule has 1 aliphatic rings. The molecule has 0 bridgehead atoms. The van der Waals surface area contributed by atoms with Crippen molar-refractivity contribution in [3.8, 4) is 0 Å². The first kappa shape index (κ1) is 13.3. The third kappa shape index (κ3) is 2.80. The summed E-state index contributed by atoms with van der Waals surface area (Å²) in [4.78, 5) is 6.99. The lowest BCUT2D eigenvalue weighted by Gasteiger charge is -2.27. The molecule has 1 fully saturated rings. The van der Waals surface area contributed by atoms with Crippen LogP contribution in [0.4, 0.5) is 0 Å². The Labute approximate surface area is 114 Å². The second-order valence-electron chi connectivity index (χ2n) is 4.52. The number of rotatable bonds is 2. The average Bonchev–Trinajstić information content (AvgIpc) is 2.40. The molecule has 18 heavy (non-hydrogen) atoms. The zero-order valence-corrected chi connectivity index (χ0v) is 11.1. The molecule has 0 amide bonds. The monoisotopic (exact) mass is 263 g/mol. The van der Waals surface area contributed by atoms with Gasteiger partial charge in [-0.3, -0.25) is 9.88 Å². The molecule has 4 heteroatoms. The molecule has 2 heterocycles. The van der Waals surface area contributed by atoms with Gasteiger partial charge in [-0.05, 0) is 11.6 Å². The number of nitrogens with one attached hydrogen (secondary N) is 1. The number of para-hydroxylation sites is 1. The van der Waals surface area contributed by atoms with E-state index in [0.29, 0.717) is 0 Å². The summed E-state index contributed by atoms with van der Waals surface area (Å²) in [5.74, 6) is 0. The van der Waals surface area contributed by atoms with Crippen LogP contribution in [0.2, 0.25) is 0 Å². The molecule has 0 radical (unpaired) electrons. The van der Waals surface area contributed by atoms with Crippen molar-refractivity contribution in [2.75, 3.05) is 26.2 Å². The molecule has 2 aromatic rings. The molecule has 0 atom stereocenters. The molecule has 0 unspecified atom stereocenters. The smallest absolute Gasteiger partial charge is 0.0746 e. The summed E-state index contributed by atoms with van der Waals surface area (Å²) >= 11 is 0. The van der Waals surface area contributed by atoms with Gasteiger partial charge < -0.3 is 5.32 Å². The summed E-state index contributed by atoms with van der Waals surface area (Å²) in [6.07, 6.45) is 1.88. The van der Waals surface area contributed by atoms with Crippen LogP contribution in [0.1, 0.15) is 5.56 Å². The largest absolute Gasteiger partial charge is 0.314 e. The van der Waals surface area contributed by atoms with Crippen molar-refractivity contribution in [2.45, 2.75) is 6.54 Å². The molecular weight excluding hydrogens is 246 g/mol. The van der Waals surface area contributed by atoms with E-state index < -0.39 is 0 Å². The van der Waals surface area contributed by atoms with E-state index in [1.807, 2.05) is 12.3 Å². The minimum atomic E-state index is 0. The number of hydrogen-bond donors (Lipinski definition) is 1. The SMILES string of the molecule is Cl.c1cnc2c(CN3CCNCC3)cccc2c1. The predicted molar refractivity (Wildman–Crippen MR) is 77.1 cm³/mol. The third-order valence-electron chi connectivity index (χ3n) is 3.32. The number of pyridine rings is 1. The Morgan fingerprint density at radius 3 is 2.72 bits per heavy atom. The second kappa shape index (κ2) is 6.14. The molecule has 3 rings (SSSR count). The predicted octanol–water partition coefficient (Wildman–Crippen LogP) is 2.06. The Hall–Kier alpha value is -1.16. The molecule has 1 aliphatic heterocycles. The Bertz CT molecular complexity index is 504. The van der Waals surface area contributed by atoms with Gasteiger partial charge in [0.05, 0.1) is 5.52 Å². The standard InChI is InChI=1S/C14H17N3.ClH/c1-3-12-5-2-6-16-14(12)13(4-1)11-17-9-7-15-8-10-17;/h1-6,15H,7-11H2;1H. The highest BCUT2D eigenvalue weighted by molar-refractivity contribution is 5.85. The lowest BCUT2D eigenvalue weighted by molar-refractivity contribution is 0.234. The van der Waals surface area contributed by atoms with Crippen LogP contribution < -0.4 is 5.32 Å². The molecule has 0 aliphatic carbocycles. The lowest BCUT2D eigenvalue weighted by Crippen LogP contribution is -2.42. The first-order chi connectivity index (χ1) is 8.43. The third-order valence-corrected chi connectivity index (χ3v) is 3.32. The zero-order valence-electron chi connectivity index (χ0n) is 10.3. The Kier molecular flexibility index (Phi) is 4.53. The normalized spacial score (nSPS) is 16.4. The first-order valence-electron chi connectivity index (χ1n) is 6.19. The topological polar surface area (TPSA) is 28.2 Å². The van der Waals surface area contributed by atoms with Crippen LogP contribution in [0.3, 0.4) is 0 Å². The van der Waals surface area contributed by atoms with Gasteiger partial charge >= 0.3 is 0 Å². The van der Waals surface area contributed by atoms with E-state index in [1.54, 1.807) is 0 Å². The molecule has 1 saturated heterocycles. The van der Waals surface area contributed by atoms with Gasteiger partial charge in [-0.1, -0.05) is 24.3 Å². The second-order valence-corrected chi connectivity index (χ2v) is 4.52. The van der Waals surface area contributed by atoms with Crippen molar-refractivity contribution in [2.24, 2.45) is 0 Å². The average molecular weight is 264 g/mol. The Morgan fingerprint density at radius 2 is 1.89 bits per heavy atom. The summed E-state index contributed by atoms with van der Waals surface area (Å²) < 4.78 is 0. The summed E-state index contributed by atoms with van der Waals surface area (Å²) in [7, 11) is 0. The minimum absolute atomic E-state index is 0. The Balaban J connectivity index is 0.00000120. The van der Waals surface area contributed by atoms with Crippen molar-refractivity contribution in [1.29, 1.82) is 0 Å². The van der Waals surface area contributed by atoms with E-state index in [4.69, 9.17) is 0 Å². The van der Waals surface area contributed by atoms with Gasteiger partial charge in [-0.2, -0.15) is 0 Å². The van der Waals surface area contributed by atoms with Gasteiger partial charge in [-0.15, -0.1) is 12.4 Å². The maximum Gasteiger partial charge on any atom is 0.0746 e. The lowest BCUT2D eigenvalue weighted by atomic mass is 10.1. The van der Waals surface area contributed by atoms with Crippen molar-refractivity contribution in [3.63, 3.8) is 0 Å². The molecule has 0 spiro atoms. The fourth-order valence-corrected chi connectivity index (χ4v) is 2.41. The molecule has 1 N–H and O–H groups in total. The highest BCUT2D eigenvalue weighted by Gasteiger charge is 2.11. The molecule has 3 nitrogen and oxygen atoms in total. The first-order valence-corrected chi connectivity index (χ1v) is 6.19. The number of nitrogens with zero attached hydrogens (tertiary/aromatic N) is 2. The van der Waals surface area contributed by atoms with Crippen molar-refractivity contribution in [3.05, 3.63) is 42.1 Å². The number of aromatic nitrogens is 1. The molecule has 1 aromatic carbocycles. The maximum atomic E-state index is 4.50. The van der Waals surface area contributed by atoms with Crippen LogP contribution in [-0.2, 0) is 6.54 Å². The van der Waals surface area contributed by atoms with E-state index in [1.165, 1.54) is 10.9 Å². The van der Waals surface area contributed by atoms with Gasteiger partial charge in [0.25, 0.3) is 0 Å². The van der Waals surface area contributed by atoms with Crippen molar-refractivity contribution in [1.82, 2.24) is 15.2 Å². The van der Waals surface area contributed by atoms with E-state index in [9.17, 15) is 0 Å². The molecular formula is C14H18ClN3. The summed E-state index contributed by atoms with van der Waals surface area (Å²) in [5.41, 5.74) is 2.48.